The number of carbonyl (C=O) groups excluding carboxylic acids is 1. The van der Waals surface area contributed by atoms with Crippen LogP contribution in [0.15, 0.2) is 24.3 Å². The highest BCUT2D eigenvalue weighted by Crippen LogP contribution is 2.15. The van der Waals surface area contributed by atoms with Crippen molar-refractivity contribution in [2.75, 3.05) is 18.5 Å². The van der Waals surface area contributed by atoms with Gasteiger partial charge in [-0.15, -0.1) is 0 Å². The van der Waals surface area contributed by atoms with Crippen molar-refractivity contribution in [3.05, 3.63) is 29.8 Å². The summed E-state index contributed by atoms with van der Waals surface area (Å²) in [4.78, 5) is 11.6. The third-order valence-corrected chi connectivity index (χ3v) is 2.65. The number of aliphatic hydroxyl groups is 1. The number of rotatable bonds is 6. The lowest BCUT2D eigenvalue weighted by Gasteiger charge is -2.13. The van der Waals surface area contributed by atoms with Gasteiger partial charge in [-0.25, -0.2) is 4.79 Å². The van der Waals surface area contributed by atoms with Crippen LogP contribution < -0.4 is 10.6 Å². The molecule has 5 nitrogen and oxygen atoms in total. The number of hydrogen-bond donors (Lipinski definition) is 3. The first-order chi connectivity index (χ1) is 9.02. The molecule has 0 spiro atoms. The zero-order chi connectivity index (χ0) is 14.3. The number of amides is 2. The Morgan fingerprint density at radius 3 is 2.47 bits per heavy atom. The van der Waals surface area contributed by atoms with E-state index in [4.69, 9.17) is 4.74 Å². The molecule has 2 atom stereocenters. The van der Waals surface area contributed by atoms with E-state index in [-0.39, 0.29) is 12.1 Å². The topological polar surface area (TPSA) is 70.6 Å². The zero-order valence-corrected chi connectivity index (χ0v) is 11.6. The highest BCUT2D eigenvalue weighted by atomic mass is 16.5. The van der Waals surface area contributed by atoms with Crippen LogP contribution in [0.4, 0.5) is 10.5 Å². The minimum Gasteiger partial charge on any atom is -0.389 e. The number of carbonyl (C=O) groups is 1. The highest BCUT2D eigenvalue weighted by molar-refractivity contribution is 5.89. The normalized spacial score (nSPS) is 13.7. The number of anilines is 1. The molecule has 2 unspecified atom stereocenters. The van der Waals surface area contributed by atoms with Gasteiger partial charge in [-0.3, -0.25) is 0 Å². The van der Waals surface area contributed by atoms with Crippen molar-refractivity contribution in [2.24, 2.45) is 0 Å². The van der Waals surface area contributed by atoms with E-state index in [1.165, 1.54) is 0 Å². The van der Waals surface area contributed by atoms with Gasteiger partial charge in [0.1, 0.15) is 0 Å². The van der Waals surface area contributed by atoms with Crippen LogP contribution in [0, 0.1) is 0 Å². The van der Waals surface area contributed by atoms with Gasteiger partial charge in [0.15, 0.2) is 0 Å². The maximum absolute atomic E-state index is 11.6. The summed E-state index contributed by atoms with van der Waals surface area (Å²) in [5.74, 6) is 0. The van der Waals surface area contributed by atoms with Gasteiger partial charge in [0, 0.05) is 18.8 Å². The van der Waals surface area contributed by atoms with Gasteiger partial charge < -0.3 is 20.5 Å². The first kappa shape index (κ1) is 15.5. The molecule has 0 heterocycles. The fraction of sp³-hybridized carbons (Fsp3) is 0.500. The van der Waals surface area contributed by atoms with Gasteiger partial charge in [-0.05, 0) is 38.5 Å². The van der Waals surface area contributed by atoms with E-state index in [1.807, 2.05) is 13.8 Å². The smallest absolute Gasteiger partial charge is 0.319 e. The molecule has 0 bridgehead atoms. The maximum Gasteiger partial charge on any atom is 0.319 e. The summed E-state index contributed by atoms with van der Waals surface area (Å²) < 4.78 is 5.31. The van der Waals surface area contributed by atoms with Gasteiger partial charge in [-0.2, -0.15) is 0 Å². The Bertz CT molecular complexity index is 390. The van der Waals surface area contributed by atoms with Crippen LogP contribution in [0.25, 0.3) is 0 Å². The van der Waals surface area contributed by atoms with E-state index in [0.29, 0.717) is 18.8 Å². The lowest BCUT2D eigenvalue weighted by atomic mass is 10.1. The van der Waals surface area contributed by atoms with Crippen molar-refractivity contribution in [1.82, 2.24) is 5.32 Å². The third kappa shape index (κ3) is 5.72. The van der Waals surface area contributed by atoms with E-state index in [0.717, 1.165) is 5.56 Å². The van der Waals surface area contributed by atoms with Crippen molar-refractivity contribution in [3.8, 4) is 0 Å². The standard InChI is InChI=1S/C14H22N2O3/c1-4-19-10(2)9-15-14(18)16-13-7-5-12(6-8-13)11(3)17/h5-8,10-11,17H,4,9H2,1-3H3,(H2,15,16,18). The largest absolute Gasteiger partial charge is 0.389 e. The number of aliphatic hydroxyl groups excluding tert-OH is 1. The molecule has 5 heteroatoms. The summed E-state index contributed by atoms with van der Waals surface area (Å²) in [5.41, 5.74) is 1.50. The maximum atomic E-state index is 11.6. The van der Waals surface area contributed by atoms with E-state index in [1.54, 1.807) is 31.2 Å². The molecule has 0 fully saturated rings. The van der Waals surface area contributed by atoms with Crippen LogP contribution in [0.3, 0.4) is 0 Å². The predicted molar refractivity (Wildman–Crippen MR) is 75.2 cm³/mol. The number of hydrogen-bond acceptors (Lipinski definition) is 3. The number of ether oxygens (including phenoxy) is 1. The van der Waals surface area contributed by atoms with Crippen LogP contribution in [0.1, 0.15) is 32.4 Å². The zero-order valence-electron chi connectivity index (χ0n) is 11.6. The van der Waals surface area contributed by atoms with Gasteiger partial charge in [0.2, 0.25) is 0 Å². The van der Waals surface area contributed by atoms with Gasteiger partial charge >= 0.3 is 6.03 Å². The Kier molecular flexibility index (Phi) is 6.32. The minimum atomic E-state index is -0.505. The molecule has 106 valence electrons. The second kappa shape index (κ2) is 7.76. The molecule has 2 amide bonds. The fourth-order valence-electron chi connectivity index (χ4n) is 1.60. The van der Waals surface area contributed by atoms with Gasteiger partial charge in [0.05, 0.1) is 12.2 Å². The van der Waals surface area contributed by atoms with Crippen molar-refractivity contribution in [2.45, 2.75) is 33.0 Å². The van der Waals surface area contributed by atoms with Gasteiger partial charge in [-0.1, -0.05) is 12.1 Å². The number of benzene rings is 1. The molecule has 1 aromatic rings. The molecule has 0 aliphatic carbocycles. The summed E-state index contributed by atoms with van der Waals surface area (Å²) in [6, 6.07) is 6.81. The summed E-state index contributed by atoms with van der Waals surface area (Å²) in [7, 11) is 0. The Morgan fingerprint density at radius 1 is 1.32 bits per heavy atom. The van der Waals surface area contributed by atoms with E-state index in [2.05, 4.69) is 10.6 Å². The number of nitrogens with one attached hydrogen (secondary N) is 2. The highest BCUT2D eigenvalue weighted by Gasteiger charge is 2.06. The Balaban J connectivity index is 2.40. The Morgan fingerprint density at radius 2 is 1.95 bits per heavy atom. The molecule has 0 aromatic heterocycles. The third-order valence-electron chi connectivity index (χ3n) is 2.65. The lowest BCUT2D eigenvalue weighted by Crippen LogP contribution is -2.35. The van der Waals surface area contributed by atoms with Crippen molar-refractivity contribution < 1.29 is 14.6 Å². The van der Waals surface area contributed by atoms with Gasteiger partial charge in [0.25, 0.3) is 0 Å². The predicted octanol–water partition coefficient (Wildman–Crippen LogP) is 2.29. The molecule has 1 aromatic carbocycles. The van der Waals surface area contributed by atoms with Crippen LogP contribution >= 0.6 is 0 Å². The molecular weight excluding hydrogens is 244 g/mol. The van der Waals surface area contributed by atoms with Crippen molar-refractivity contribution in [3.63, 3.8) is 0 Å². The molecule has 0 aliphatic rings. The molecule has 0 radical (unpaired) electrons. The quantitative estimate of drug-likeness (QED) is 0.740. The molecule has 19 heavy (non-hydrogen) atoms. The average Bonchev–Trinajstić information content (AvgIpc) is 2.37. The molecule has 1 rings (SSSR count). The van der Waals surface area contributed by atoms with Crippen LogP contribution in [0.2, 0.25) is 0 Å². The first-order valence-electron chi connectivity index (χ1n) is 6.47. The van der Waals surface area contributed by atoms with E-state index < -0.39 is 6.10 Å². The second-order valence-electron chi connectivity index (χ2n) is 4.40. The van der Waals surface area contributed by atoms with Crippen molar-refractivity contribution >= 4 is 11.7 Å². The van der Waals surface area contributed by atoms with Crippen LogP contribution in [-0.4, -0.2) is 30.4 Å². The lowest BCUT2D eigenvalue weighted by molar-refractivity contribution is 0.0780. The number of urea groups is 1. The van der Waals surface area contributed by atoms with Crippen LogP contribution in [-0.2, 0) is 4.74 Å². The SMILES string of the molecule is CCOC(C)CNC(=O)Nc1ccc(C(C)O)cc1. The Labute approximate surface area is 114 Å². The average molecular weight is 266 g/mol. The summed E-state index contributed by atoms with van der Waals surface area (Å²) in [6.07, 6.45) is -0.511. The minimum absolute atomic E-state index is 0.00614. The molecular formula is C14H22N2O3. The van der Waals surface area contributed by atoms with Crippen LogP contribution in [0.5, 0.6) is 0 Å². The summed E-state index contributed by atoms with van der Waals surface area (Å²) in [5, 5.41) is 14.8. The molecule has 0 saturated heterocycles. The molecule has 3 N–H and O–H groups in total. The van der Waals surface area contributed by atoms with E-state index >= 15 is 0 Å². The summed E-state index contributed by atoms with van der Waals surface area (Å²) >= 11 is 0. The Hall–Kier alpha value is -1.59. The van der Waals surface area contributed by atoms with E-state index in [9.17, 15) is 9.90 Å². The molecule has 0 aliphatic heterocycles. The fourth-order valence-corrected chi connectivity index (χ4v) is 1.60. The second-order valence-corrected chi connectivity index (χ2v) is 4.40. The monoisotopic (exact) mass is 266 g/mol. The summed E-state index contributed by atoms with van der Waals surface area (Å²) in [6.45, 7) is 6.61. The first-order valence-corrected chi connectivity index (χ1v) is 6.47. The molecule has 0 saturated carbocycles. The van der Waals surface area contributed by atoms with Crippen molar-refractivity contribution in [1.29, 1.82) is 0 Å².